The largest absolute Gasteiger partial charge is 0.392 e. The van der Waals surface area contributed by atoms with Crippen LogP contribution in [0.15, 0.2) is 53.3 Å². The molecule has 3 nitrogen and oxygen atoms in total. The van der Waals surface area contributed by atoms with E-state index in [2.05, 4.69) is 20.9 Å². The van der Waals surface area contributed by atoms with Crippen LogP contribution >= 0.6 is 15.9 Å². The van der Waals surface area contributed by atoms with Gasteiger partial charge in [-0.25, -0.2) is 4.98 Å². The Bertz CT molecular complexity index is 689. The van der Waals surface area contributed by atoms with Gasteiger partial charge >= 0.3 is 0 Å². The quantitative estimate of drug-likeness (QED) is 0.789. The van der Waals surface area contributed by atoms with E-state index in [1.807, 2.05) is 53.2 Å². The Morgan fingerprint density at radius 2 is 1.94 bits per heavy atom. The predicted octanol–water partition coefficient (Wildman–Crippen LogP) is 3.26. The van der Waals surface area contributed by atoms with Crippen molar-refractivity contribution in [1.29, 1.82) is 0 Å². The summed E-state index contributed by atoms with van der Waals surface area (Å²) >= 11 is 3.42. The standard InChI is InChI=1S/C14H11BrN2O/c15-12-5-3-10(4-6-12)13-8-17-7-1-2-11(9-18)14(17)16-13/h1-8,18H,9H2. The van der Waals surface area contributed by atoms with Crippen molar-refractivity contribution in [3.05, 3.63) is 58.8 Å². The first-order chi connectivity index (χ1) is 8.78. The second kappa shape index (κ2) is 4.55. The van der Waals surface area contributed by atoms with Gasteiger partial charge in [-0.2, -0.15) is 0 Å². The molecule has 0 aliphatic rings. The number of benzene rings is 1. The van der Waals surface area contributed by atoms with Crippen LogP contribution in [0.5, 0.6) is 0 Å². The molecular formula is C14H11BrN2O. The Labute approximate surface area is 113 Å². The third kappa shape index (κ3) is 1.94. The van der Waals surface area contributed by atoms with Crippen LogP contribution in [0.2, 0.25) is 0 Å². The average Bonchev–Trinajstić information content (AvgIpc) is 2.83. The van der Waals surface area contributed by atoms with Crippen molar-refractivity contribution in [1.82, 2.24) is 9.38 Å². The zero-order chi connectivity index (χ0) is 12.5. The summed E-state index contributed by atoms with van der Waals surface area (Å²) in [7, 11) is 0. The van der Waals surface area contributed by atoms with Gasteiger partial charge in [-0.05, 0) is 18.2 Å². The van der Waals surface area contributed by atoms with Crippen molar-refractivity contribution in [3.8, 4) is 11.3 Å². The van der Waals surface area contributed by atoms with Gasteiger partial charge in [0.2, 0.25) is 0 Å². The number of halogens is 1. The van der Waals surface area contributed by atoms with Crippen molar-refractivity contribution in [3.63, 3.8) is 0 Å². The van der Waals surface area contributed by atoms with Crippen molar-refractivity contribution < 1.29 is 5.11 Å². The summed E-state index contributed by atoms with van der Waals surface area (Å²) in [5.41, 5.74) is 3.60. The monoisotopic (exact) mass is 302 g/mol. The van der Waals surface area contributed by atoms with E-state index in [0.29, 0.717) is 0 Å². The van der Waals surface area contributed by atoms with Crippen LogP contribution in [0.4, 0.5) is 0 Å². The summed E-state index contributed by atoms with van der Waals surface area (Å²) in [6, 6.07) is 11.8. The Morgan fingerprint density at radius 1 is 1.17 bits per heavy atom. The van der Waals surface area contributed by atoms with Crippen LogP contribution in [0.1, 0.15) is 5.56 Å². The molecule has 3 rings (SSSR count). The molecule has 0 aliphatic carbocycles. The molecule has 0 bridgehead atoms. The highest BCUT2D eigenvalue weighted by Gasteiger charge is 2.07. The molecule has 0 spiro atoms. The van der Waals surface area contributed by atoms with E-state index in [0.717, 1.165) is 26.9 Å². The van der Waals surface area contributed by atoms with Crippen molar-refractivity contribution >= 4 is 21.6 Å². The lowest BCUT2D eigenvalue weighted by Gasteiger charge is -1.97. The molecule has 0 saturated heterocycles. The molecule has 4 heteroatoms. The van der Waals surface area contributed by atoms with Crippen LogP contribution in [0.3, 0.4) is 0 Å². The highest BCUT2D eigenvalue weighted by molar-refractivity contribution is 9.10. The molecule has 0 amide bonds. The summed E-state index contributed by atoms with van der Waals surface area (Å²) < 4.78 is 2.98. The number of aromatic nitrogens is 2. The van der Waals surface area contributed by atoms with E-state index in [9.17, 15) is 5.11 Å². The maximum Gasteiger partial charge on any atom is 0.142 e. The SMILES string of the molecule is OCc1cccn2cc(-c3ccc(Br)cc3)nc12. The zero-order valence-corrected chi connectivity index (χ0v) is 11.1. The minimum atomic E-state index is 0.00112. The summed E-state index contributed by atoms with van der Waals surface area (Å²) in [6.07, 6.45) is 3.90. The van der Waals surface area contributed by atoms with Gasteiger partial charge < -0.3 is 9.51 Å². The van der Waals surface area contributed by atoms with Crippen molar-refractivity contribution in [2.45, 2.75) is 6.61 Å². The van der Waals surface area contributed by atoms with Gasteiger partial charge in [0.25, 0.3) is 0 Å². The number of hydrogen-bond donors (Lipinski definition) is 1. The van der Waals surface area contributed by atoms with Gasteiger partial charge in [0.15, 0.2) is 0 Å². The van der Waals surface area contributed by atoms with Gasteiger partial charge in [0, 0.05) is 28.0 Å². The molecule has 0 fully saturated rings. The molecule has 90 valence electrons. The molecule has 18 heavy (non-hydrogen) atoms. The molecule has 0 saturated carbocycles. The first-order valence-electron chi connectivity index (χ1n) is 5.61. The van der Waals surface area contributed by atoms with Crippen LogP contribution in [-0.4, -0.2) is 14.5 Å². The third-order valence-corrected chi connectivity index (χ3v) is 3.40. The average molecular weight is 303 g/mol. The van der Waals surface area contributed by atoms with Gasteiger partial charge in [-0.1, -0.05) is 34.1 Å². The minimum absolute atomic E-state index is 0.00112. The fraction of sp³-hybridized carbons (Fsp3) is 0.0714. The second-order valence-corrected chi connectivity index (χ2v) is 4.97. The second-order valence-electron chi connectivity index (χ2n) is 4.06. The Kier molecular flexibility index (Phi) is 2.89. The Balaban J connectivity index is 2.16. The summed E-state index contributed by atoms with van der Waals surface area (Å²) in [4.78, 5) is 4.57. The predicted molar refractivity (Wildman–Crippen MR) is 74.3 cm³/mol. The number of rotatable bonds is 2. The minimum Gasteiger partial charge on any atom is -0.392 e. The highest BCUT2D eigenvalue weighted by atomic mass is 79.9. The number of nitrogens with zero attached hydrogens (tertiary/aromatic N) is 2. The number of aliphatic hydroxyl groups is 1. The molecule has 0 aliphatic heterocycles. The van der Waals surface area contributed by atoms with E-state index in [1.54, 1.807) is 0 Å². The first kappa shape index (κ1) is 11.4. The first-order valence-corrected chi connectivity index (χ1v) is 6.40. The molecule has 1 N–H and O–H groups in total. The summed E-state index contributed by atoms with van der Waals surface area (Å²) in [5, 5.41) is 9.29. The number of fused-ring (bicyclic) bond motifs is 1. The maximum absolute atomic E-state index is 9.29. The lowest BCUT2D eigenvalue weighted by atomic mass is 10.2. The Morgan fingerprint density at radius 3 is 2.67 bits per heavy atom. The topological polar surface area (TPSA) is 37.5 Å². The number of pyridine rings is 1. The molecule has 1 aromatic carbocycles. The van der Waals surface area contributed by atoms with E-state index < -0.39 is 0 Å². The van der Waals surface area contributed by atoms with Gasteiger partial charge in [-0.15, -0.1) is 0 Å². The fourth-order valence-corrected chi connectivity index (χ4v) is 2.22. The lowest BCUT2D eigenvalue weighted by Crippen LogP contribution is -1.90. The summed E-state index contributed by atoms with van der Waals surface area (Å²) in [5.74, 6) is 0. The number of imidazole rings is 1. The molecule has 0 radical (unpaired) electrons. The molecule has 0 unspecified atom stereocenters. The van der Waals surface area contributed by atoms with Crippen molar-refractivity contribution in [2.24, 2.45) is 0 Å². The van der Waals surface area contributed by atoms with Gasteiger partial charge in [0.1, 0.15) is 5.65 Å². The van der Waals surface area contributed by atoms with Gasteiger partial charge in [0.05, 0.1) is 12.3 Å². The zero-order valence-electron chi connectivity index (χ0n) is 9.55. The number of hydrogen-bond acceptors (Lipinski definition) is 2. The Hall–Kier alpha value is -1.65. The van der Waals surface area contributed by atoms with E-state index in [-0.39, 0.29) is 6.61 Å². The fourth-order valence-electron chi connectivity index (χ4n) is 1.95. The lowest BCUT2D eigenvalue weighted by molar-refractivity contribution is 0.282. The van der Waals surface area contributed by atoms with Crippen LogP contribution in [0.25, 0.3) is 16.9 Å². The van der Waals surface area contributed by atoms with E-state index in [1.165, 1.54) is 0 Å². The van der Waals surface area contributed by atoms with Crippen LogP contribution in [0, 0.1) is 0 Å². The molecule has 2 heterocycles. The molecule has 3 aromatic rings. The van der Waals surface area contributed by atoms with Gasteiger partial charge in [-0.3, -0.25) is 0 Å². The maximum atomic E-state index is 9.29. The smallest absolute Gasteiger partial charge is 0.142 e. The highest BCUT2D eigenvalue weighted by Crippen LogP contribution is 2.22. The van der Waals surface area contributed by atoms with Crippen LogP contribution < -0.4 is 0 Å². The summed E-state index contributed by atoms with van der Waals surface area (Å²) in [6.45, 7) is 0.00112. The molecular weight excluding hydrogens is 292 g/mol. The van der Waals surface area contributed by atoms with E-state index in [4.69, 9.17) is 0 Å². The number of aliphatic hydroxyl groups excluding tert-OH is 1. The van der Waals surface area contributed by atoms with Crippen molar-refractivity contribution in [2.75, 3.05) is 0 Å². The normalized spacial score (nSPS) is 11.0. The third-order valence-electron chi connectivity index (χ3n) is 2.87. The molecule has 2 aromatic heterocycles. The molecule has 0 atom stereocenters. The van der Waals surface area contributed by atoms with E-state index >= 15 is 0 Å². The van der Waals surface area contributed by atoms with Crippen LogP contribution in [-0.2, 0) is 6.61 Å².